The third-order valence-electron chi connectivity index (χ3n) is 4.58. The zero-order valence-electron chi connectivity index (χ0n) is 11.9. The molecule has 0 atom stereocenters. The second kappa shape index (κ2) is 5.32. The monoisotopic (exact) mass is 257 g/mol. The van der Waals surface area contributed by atoms with Gasteiger partial charge < -0.3 is 5.32 Å². The van der Waals surface area contributed by atoms with Crippen molar-refractivity contribution in [1.29, 1.82) is 0 Å². The first kappa shape index (κ1) is 12.6. The first-order valence-corrected chi connectivity index (χ1v) is 7.49. The number of aliphatic imine (C=N–C) groups is 1. The van der Waals surface area contributed by atoms with Crippen LogP contribution in [0.15, 0.2) is 23.3 Å². The van der Waals surface area contributed by atoms with Crippen LogP contribution in [0.2, 0.25) is 0 Å². The molecule has 1 aromatic heterocycles. The van der Waals surface area contributed by atoms with E-state index in [9.17, 15) is 0 Å². The van der Waals surface area contributed by atoms with Crippen molar-refractivity contribution < 1.29 is 0 Å². The van der Waals surface area contributed by atoms with Gasteiger partial charge in [0, 0.05) is 17.8 Å². The Bertz CT molecular complexity index is 471. The second-order valence-electron chi connectivity index (χ2n) is 6.18. The zero-order valence-corrected chi connectivity index (χ0v) is 11.9. The van der Waals surface area contributed by atoms with Crippen LogP contribution in [0.4, 0.5) is 0 Å². The van der Waals surface area contributed by atoms with Crippen molar-refractivity contribution in [2.45, 2.75) is 52.1 Å². The summed E-state index contributed by atoms with van der Waals surface area (Å²) in [6.07, 6.45) is 7.08. The fourth-order valence-corrected chi connectivity index (χ4v) is 3.26. The molecule has 1 fully saturated rings. The van der Waals surface area contributed by atoms with Crippen LogP contribution >= 0.6 is 0 Å². The molecule has 2 aliphatic rings. The number of rotatable bonds is 2. The predicted octanol–water partition coefficient (Wildman–Crippen LogP) is 3.15. The lowest BCUT2D eigenvalue weighted by atomic mass is 9.79. The molecule has 3 nitrogen and oxygen atoms in total. The van der Waals surface area contributed by atoms with Gasteiger partial charge in [0.05, 0.1) is 6.54 Å². The maximum Gasteiger partial charge on any atom is 0.148 e. The molecule has 0 spiro atoms. The first-order chi connectivity index (χ1) is 9.24. The third kappa shape index (κ3) is 2.65. The molecule has 0 unspecified atom stereocenters. The summed E-state index contributed by atoms with van der Waals surface area (Å²) in [7, 11) is 0. The Hall–Kier alpha value is -1.38. The van der Waals surface area contributed by atoms with Crippen molar-refractivity contribution in [3.8, 4) is 0 Å². The minimum atomic E-state index is 0.585. The van der Waals surface area contributed by atoms with Crippen LogP contribution < -0.4 is 5.32 Å². The molecule has 2 heterocycles. The predicted molar refractivity (Wildman–Crippen MR) is 78.2 cm³/mol. The van der Waals surface area contributed by atoms with Crippen molar-refractivity contribution in [2.24, 2.45) is 16.8 Å². The van der Waals surface area contributed by atoms with Gasteiger partial charge in [-0.2, -0.15) is 0 Å². The van der Waals surface area contributed by atoms with Crippen molar-refractivity contribution in [3.05, 3.63) is 29.6 Å². The molecule has 0 radical (unpaired) electrons. The third-order valence-corrected chi connectivity index (χ3v) is 4.58. The number of pyridine rings is 1. The van der Waals surface area contributed by atoms with E-state index in [4.69, 9.17) is 0 Å². The van der Waals surface area contributed by atoms with E-state index in [0.717, 1.165) is 29.9 Å². The zero-order chi connectivity index (χ0) is 13.2. The minimum Gasteiger partial charge on any atom is -0.366 e. The number of aromatic nitrogens is 1. The van der Waals surface area contributed by atoms with Gasteiger partial charge in [0.1, 0.15) is 11.5 Å². The number of amidine groups is 1. The lowest BCUT2D eigenvalue weighted by Crippen LogP contribution is -2.38. The Morgan fingerprint density at radius 2 is 2.00 bits per heavy atom. The lowest BCUT2D eigenvalue weighted by Gasteiger charge is -2.31. The lowest BCUT2D eigenvalue weighted by molar-refractivity contribution is 0.251. The van der Waals surface area contributed by atoms with Crippen LogP contribution in [-0.2, 0) is 6.54 Å². The summed E-state index contributed by atoms with van der Waals surface area (Å²) >= 11 is 0. The molecule has 3 rings (SSSR count). The quantitative estimate of drug-likeness (QED) is 0.883. The second-order valence-corrected chi connectivity index (χ2v) is 6.18. The normalized spacial score (nSPS) is 26.2. The summed E-state index contributed by atoms with van der Waals surface area (Å²) in [6.45, 7) is 5.48. The Kier molecular flexibility index (Phi) is 3.54. The highest BCUT2D eigenvalue weighted by atomic mass is 15.1. The standard InChI is InChI=1S/C16H23N3/c1-11(2)12-5-7-14(8-6-12)19-16-15-13(10-18-16)4-3-9-17-15/h3-4,9,11-12,14H,5-8,10H2,1-2H3,(H,18,19). The van der Waals surface area contributed by atoms with E-state index in [0.29, 0.717) is 6.04 Å². The van der Waals surface area contributed by atoms with Crippen LogP contribution in [0.1, 0.15) is 50.8 Å². The van der Waals surface area contributed by atoms with Gasteiger partial charge >= 0.3 is 0 Å². The van der Waals surface area contributed by atoms with E-state index in [-0.39, 0.29) is 0 Å². The molecule has 0 saturated heterocycles. The highest BCUT2D eigenvalue weighted by molar-refractivity contribution is 6.00. The fourth-order valence-electron chi connectivity index (χ4n) is 3.26. The average molecular weight is 257 g/mol. The number of nitrogens with zero attached hydrogens (tertiary/aromatic N) is 2. The Morgan fingerprint density at radius 1 is 1.21 bits per heavy atom. The SMILES string of the molecule is CC(C)C1CCC(NC2=NCc3cccnc32)CC1. The van der Waals surface area contributed by atoms with Crippen LogP contribution in [0, 0.1) is 11.8 Å². The van der Waals surface area contributed by atoms with Gasteiger partial charge in [-0.25, -0.2) is 0 Å². The van der Waals surface area contributed by atoms with Gasteiger partial charge in [-0.1, -0.05) is 19.9 Å². The molecule has 1 N–H and O–H groups in total. The first-order valence-electron chi connectivity index (χ1n) is 7.49. The number of nitrogens with one attached hydrogen (secondary N) is 1. The van der Waals surface area contributed by atoms with E-state index in [1.54, 1.807) is 0 Å². The summed E-state index contributed by atoms with van der Waals surface area (Å²) in [5, 5.41) is 3.62. The molecule has 1 saturated carbocycles. The summed E-state index contributed by atoms with van der Waals surface area (Å²) in [4.78, 5) is 9.05. The van der Waals surface area contributed by atoms with E-state index >= 15 is 0 Å². The highest BCUT2D eigenvalue weighted by Crippen LogP contribution is 2.30. The number of hydrogen-bond acceptors (Lipinski definition) is 3. The average Bonchev–Trinajstić information content (AvgIpc) is 2.83. The van der Waals surface area contributed by atoms with Crippen molar-refractivity contribution >= 4 is 5.84 Å². The van der Waals surface area contributed by atoms with Crippen LogP contribution in [0.3, 0.4) is 0 Å². The highest BCUT2D eigenvalue weighted by Gasteiger charge is 2.25. The van der Waals surface area contributed by atoms with Crippen molar-refractivity contribution in [3.63, 3.8) is 0 Å². The molecule has 3 heteroatoms. The Morgan fingerprint density at radius 3 is 2.74 bits per heavy atom. The summed E-state index contributed by atoms with van der Waals surface area (Å²) in [6, 6.07) is 4.70. The van der Waals surface area contributed by atoms with E-state index in [1.807, 2.05) is 12.3 Å². The minimum absolute atomic E-state index is 0.585. The van der Waals surface area contributed by atoms with Crippen LogP contribution in [-0.4, -0.2) is 16.9 Å². The molecule has 0 aromatic carbocycles. The van der Waals surface area contributed by atoms with Gasteiger partial charge in [-0.15, -0.1) is 0 Å². The Balaban J connectivity index is 1.59. The summed E-state index contributed by atoms with van der Waals surface area (Å²) in [5.74, 6) is 2.75. The maximum absolute atomic E-state index is 4.59. The molecule has 19 heavy (non-hydrogen) atoms. The fraction of sp³-hybridized carbons (Fsp3) is 0.625. The van der Waals surface area contributed by atoms with E-state index < -0.39 is 0 Å². The largest absolute Gasteiger partial charge is 0.366 e. The van der Waals surface area contributed by atoms with Gasteiger partial charge in [0.25, 0.3) is 0 Å². The van der Waals surface area contributed by atoms with Crippen molar-refractivity contribution in [2.75, 3.05) is 0 Å². The van der Waals surface area contributed by atoms with Crippen molar-refractivity contribution in [1.82, 2.24) is 10.3 Å². The molecular formula is C16H23N3. The smallest absolute Gasteiger partial charge is 0.148 e. The molecule has 1 aliphatic carbocycles. The summed E-state index contributed by atoms with van der Waals surface area (Å²) in [5.41, 5.74) is 2.31. The molecule has 102 valence electrons. The maximum atomic E-state index is 4.59. The Labute approximate surface area is 115 Å². The topological polar surface area (TPSA) is 37.3 Å². The van der Waals surface area contributed by atoms with Gasteiger partial charge in [-0.3, -0.25) is 9.98 Å². The number of hydrogen-bond donors (Lipinski definition) is 1. The van der Waals surface area contributed by atoms with Gasteiger partial charge in [0.15, 0.2) is 0 Å². The van der Waals surface area contributed by atoms with E-state index in [1.165, 1.54) is 31.2 Å². The van der Waals surface area contributed by atoms with E-state index in [2.05, 4.69) is 35.2 Å². The molecule has 0 bridgehead atoms. The van der Waals surface area contributed by atoms with Gasteiger partial charge in [0.2, 0.25) is 0 Å². The molecular weight excluding hydrogens is 234 g/mol. The molecule has 1 aliphatic heterocycles. The molecule has 0 amide bonds. The summed E-state index contributed by atoms with van der Waals surface area (Å²) < 4.78 is 0. The van der Waals surface area contributed by atoms with Crippen LogP contribution in [0.25, 0.3) is 0 Å². The van der Waals surface area contributed by atoms with Crippen LogP contribution in [0.5, 0.6) is 0 Å². The molecule has 1 aromatic rings. The van der Waals surface area contributed by atoms with Gasteiger partial charge in [-0.05, 0) is 43.6 Å². The number of fused-ring (bicyclic) bond motifs is 1.